The van der Waals surface area contributed by atoms with Gasteiger partial charge in [-0.3, -0.25) is 10.1 Å². The first-order valence-electron chi connectivity index (χ1n) is 5.28. The lowest BCUT2D eigenvalue weighted by Crippen LogP contribution is -2.08. The quantitative estimate of drug-likeness (QED) is 0.654. The maximum absolute atomic E-state index is 10.7. The molecule has 2 heterocycles. The van der Waals surface area contributed by atoms with Crippen molar-refractivity contribution in [2.75, 3.05) is 11.1 Å². The minimum absolute atomic E-state index is 0.0268. The summed E-state index contributed by atoms with van der Waals surface area (Å²) in [7, 11) is 0. The Labute approximate surface area is 108 Å². The van der Waals surface area contributed by atoms with Crippen LogP contribution in [0.5, 0.6) is 0 Å². The van der Waals surface area contributed by atoms with E-state index in [0.29, 0.717) is 5.82 Å². The molecule has 0 aromatic carbocycles. The molecule has 0 aliphatic rings. The summed E-state index contributed by atoms with van der Waals surface area (Å²) in [6.07, 6.45) is 0. The monoisotopic (exact) mass is 264 g/mol. The summed E-state index contributed by atoms with van der Waals surface area (Å²) >= 11 is 1.61. The van der Waals surface area contributed by atoms with Gasteiger partial charge in [-0.25, -0.2) is 4.98 Å². The topological polar surface area (TPSA) is 94.1 Å². The van der Waals surface area contributed by atoms with Gasteiger partial charge in [0.2, 0.25) is 0 Å². The Kier molecular flexibility index (Phi) is 3.42. The third-order valence-corrected chi connectivity index (χ3v) is 3.43. The molecular formula is C11H12N4O2S. The lowest BCUT2D eigenvalue weighted by Gasteiger charge is -2.12. The van der Waals surface area contributed by atoms with Crippen LogP contribution in [-0.4, -0.2) is 9.91 Å². The number of hydrogen-bond donors (Lipinski definition) is 2. The van der Waals surface area contributed by atoms with E-state index in [2.05, 4.69) is 10.3 Å². The number of aromatic nitrogens is 1. The highest BCUT2D eigenvalue weighted by molar-refractivity contribution is 7.10. The van der Waals surface area contributed by atoms with Crippen LogP contribution < -0.4 is 11.1 Å². The maximum atomic E-state index is 10.7. The Morgan fingerprint density at radius 1 is 1.56 bits per heavy atom. The van der Waals surface area contributed by atoms with Crippen LogP contribution in [0.1, 0.15) is 17.8 Å². The Balaban J connectivity index is 2.21. The minimum atomic E-state index is -0.487. The van der Waals surface area contributed by atoms with Gasteiger partial charge in [0.05, 0.1) is 23.1 Å². The predicted octanol–water partition coefficient (Wildman–Crippen LogP) is 2.81. The molecule has 7 heteroatoms. The van der Waals surface area contributed by atoms with Crippen molar-refractivity contribution in [3.05, 3.63) is 44.6 Å². The normalized spacial score (nSPS) is 12.1. The molecule has 1 unspecified atom stereocenters. The highest BCUT2D eigenvalue weighted by atomic mass is 32.1. The van der Waals surface area contributed by atoms with Gasteiger partial charge in [0.25, 0.3) is 5.69 Å². The molecule has 94 valence electrons. The molecule has 2 aromatic rings. The van der Waals surface area contributed by atoms with E-state index >= 15 is 0 Å². The molecule has 2 aromatic heterocycles. The highest BCUT2D eigenvalue weighted by Gasteiger charge is 2.12. The first-order chi connectivity index (χ1) is 8.56. The van der Waals surface area contributed by atoms with Crippen molar-refractivity contribution < 1.29 is 4.92 Å². The van der Waals surface area contributed by atoms with E-state index in [9.17, 15) is 10.1 Å². The number of nitrogens with one attached hydrogen (secondary N) is 1. The van der Waals surface area contributed by atoms with Gasteiger partial charge < -0.3 is 11.1 Å². The average molecular weight is 264 g/mol. The van der Waals surface area contributed by atoms with Gasteiger partial charge in [-0.15, -0.1) is 11.3 Å². The third-order valence-electron chi connectivity index (χ3n) is 2.38. The van der Waals surface area contributed by atoms with Crippen molar-refractivity contribution >= 4 is 28.7 Å². The summed E-state index contributed by atoms with van der Waals surface area (Å²) in [5, 5.41) is 15.8. The second-order valence-corrected chi connectivity index (χ2v) is 4.75. The van der Waals surface area contributed by atoms with E-state index < -0.39 is 4.92 Å². The summed E-state index contributed by atoms with van der Waals surface area (Å²) in [5.74, 6) is 0.535. The fourth-order valence-corrected chi connectivity index (χ4v) is 2.28. The standard InChI is InChI=1S/C11H12N4O2S/c1-7(9-3-2-4-18-9)13-11-6-8(15(16)17)5-10(12)14-11/h2-7H,1H3,(H3,12,13,14). The second kappa shape index (κ2) is 5.01. The molecule has 1 atom stereocenters. The van der Waals surface area contributed by atoms with Crippen molar-refractivity contribution in [2.24, 2.45) is 0 Å². The van der Waals surface area contributed by atoms with Crippen molar-refractivity contribution in [2.45, 2.75) is 13.0 Å². The summed E-state index contributed by atoms with van der Waals surface area (Å²) in [5.41, 5.74) is 5.47. The number of thiophene rings is 1. The summed E-state index contributed by atoms with van der Waals surface area (Å²) < 4.78 is 0. The van der Waals surface area contributed by atoms with Crippen molar-refractivity contribution in [1.82, 2.24) is 4.98 Å². The molecule has 3 N–H and O–H groups in total. The lowest BCUT2D eigenvalue weighted by molar-refractivity contribution is -0.384. The van der Waals surface area contributed by atoms with E-state index in [-0.39, 0.29) is 17.5 Å². The van der Waals surface area contributed by atoms with Crippen molar-refractivity contribution in [3.63, 3.8) is 0 Å². The smallest absolute Gasteiger partial charge is 0.276 e. The molecule has 0 bridgehead atoms. The number of anilines is 2. The van der Waals surface area contributed by atoms with Gasteiger partial charge >= 0.3 is 0 Å². The maximum Gasteiger partial charge on any atom is 0.276 e. The van der Waals surface area contributed by atoms with E-state index in [1.54, 1.807) is 11.3 Å². The molecular weight excluding hydrogens is 252 g/mol. The molecule has 0 spiro atoms. The van der Waals surface area contributed by atoms with Crippen molar-refractivity contribution in [3.8, 4) is 0 Å². The van der Waals surface area contributed by atoms with Crippen LogP contribution in [0.4, 0.5) is 17.3 Å². The second-order valence-electron chi connectivity index (χ2n) is 3.77. The Hall–Kier alpha value is -2.15. The predicted molar refractivity (Wildman–Crippen MR) is 71.7 cm³/mol. The fraction of sp³-hybridized carbons (Fsp3) is 0.182. The van der Waals surface area contributed by atoms with Gasteiger partial charge in [-0.1, -0.05) is 6.07 Å². The Bertz CT molecular complexity index is 556. The number of pyridine rings is 1. The molecule has 0 saturated heterocycles. The van der Waals surface area contributed by atoms with Gasteiger partial charge in [0.15, 0.2) is 0 Å². The summed E-state index contributed by atoms with van der Waals surface area (Å²) in [4.78, 5) is 15.4. The summed E-state index contributed by atoms with van der Waals surface area (Å²) in [6.45, 7) is 1.96. The average Bonchev–Trinajstić information content (AvgIpc) is 2.81. The van der Waals surface area contributed by atoms with Crippen LogP contribution in [0, 0.1) is 10.1 Å². The molecule has 2 rings (SSSR count). The molecule has 0 fully saturated rings. The van der Waals surface area contributed by atoms with Crippen LogP contribution in [0.25, 0.3) is 0 Å². The van der Waals surface area contributed by atoms with Gasteiger partial charge in [0.1, 0.15) is 11.6 Å². The minimum Gasteiger partial charge on any atom is -0.383 e. The molecule has 0 amide bonds. The van der Waals surface area contributed by atoms with Gasteiger partial charge in [-0.2, -0.15) is 0 Å². The fourth-order valence-electron chi connectivity index (χ4n) is 1.55. The molecule has 0 saturated carbocycles. The Morgan fingerprint density at radius 3 is 2.94 bits per heavy atom. The van der Waals surface area contributed by atoms with Gasteiger partial charge in [-0.05, 0) is 18.4 Å². The summed E-state index contributed by atoms with van der Waals surface area (Å²) in [6, 6.07) is 6.58. The SMILES string of the molecule is CC(Nc1cc([N+](=O)[O-])cc(N)n1)c1cccs1. The van der Waals surface area contributed by atoms with E-state index in [1.807, 2.05) is 24.4 Å². The largest absolute Gasteiger partial charge is 0.383 e. The van der Waals surface area contributed by atoms with Crippen LogP contribution >= 0.6 is 11.3 Å². The third kappa shape index (κ3) is 2.75. The first kappa shape index (κ1) is 12.3. The molecule has 18 heavy (non-hydrogen) atoms. The van der Waals surface area contributed by atoms with Crippen LogP contribution in [0.15, 0.2) is 29.6 Å². The van der Waals surface area contributed by atoms with E-state index in [1.165, 1.54) is 12.1 Å². The number of nitrogen functional groups attached to an aromatic ring is 1. The van der Waals surface area contributed by atoms with Crippen molar-refractivity contribution in [1.29, 1.82) is 0 Å². The van der Waals surface area contributed by atoms with E-state index in [0.717, 1.165) is 4.88 Å². The Morgan fingerprint density at radius 2 is 2.33 bits per heavy atom. The molecule has 0 aliphatic heterocycles. The first-order valence-corrected chi connectivity index (χ1v) is 6.16. The highest BCUT2D eigenvalue weighted by Crippen LogP contribution is 2.25. The number of rotatable bonds is 4. The number of nitro groups is 1. The number of nitrogens with two attached hydrogens (primary N) is 1. The van der Waals surface area contributed by atoms with E-state index in [4.69, 9.17) is 5.73 Å². The van der Waals surface area contributed by atoms with Gasteiger partial charge in [0, 0.05) is 4.88 Å². The zero-order valence-corrected chi connectivity index (χ0v) is 10.5. The number of nitrogens with zero attached hydrogens (tertiary/aromatic N) is 2. The number of hydrogen-bond acceptors (Lipinski definition) is 6. The van der Waals surface area contributed by atoms with Crippen LogP contribution in [0.2, 0.25) is 0 Å². The molecule has 0 radical (unpaired) electrons. The van der Waals surface area contributed by atoms with Crippen LogP contribution in [0.3, 0.4) is 0 Å². The zero-order chi connectivity index (χ0) is 13.1. The molecule has 0 aliphatic carbocycles. The lowest BCUT2D eigenvalue weighted by atomic mass is 10.2. The molecule has 6 nitrogen and oxygen atoms in total. The zero-order valence-electron chi connectivity index (χ0n) is 9.66. The van der Waals surface area contributed by atoms with Crippen LogP contribution in [-0.2, 0) is 0 Å².